The van der Waals surface area contributed by atoms with Crippen molar-refractivity contribution in [2.45, 2.75) is 93.7 Å². The number of carbonyl (C=O) groups is 1. The lowest BCUT2D eigenvalue weighted by molar-refractivity contribution is -0.155. The number of fused-ring (bicyclic) bond motifs is 1. The van der Waals surface area contributed by atoms with Crippen molar-refractivity contribution >= 4 is 16.9 Å². The first-order chi connectivity index (χ1) is 17.9. The molecule has 0 spiro atoms. The van der Waals surface area contributed by atoms with Gasteiger partial charge in [0.25, 0.3) is 0 Å². The van der Waals surface area contributed by atoms with Gasteiger partial charge < -0.3 is 13.9 Å². The van der Waals surface area contributed by atoms with Crippen molar-refractivity contribution in [2.75, 3.05) is 6.73 Å². The maximum absolute atomic E-state index is 12.8. The molecule has 0 aliphatic rings. The number of ether oxygens (including phenoxy) is 2. The standard InChI is InChI=1S/C33H47NO4/c1-9-10-11-12-24-13-15-25(16-14-24)29-19-26-17-18-27(20-30(26)38-29)37-23(2)34-22-36-31(35)28(33(6,7)8)21-32(3,4)5/h13-20,23,28,34H,9-12,21-22H2,1-8H3. The monoisotopic (exact) mass is 521 g/mol. The third-order valence-corrected chi connectivity index (χ3v) is 6.84. The van der Waals surface area contributed by atoms with E-state index in [-0.39, 0.29) is 35.7 Å². The van der Waals surface area contributed by atoms with Crippen molar-refractivity contribution in [3.8, 4) is 17.1 Å². The first kappa shape index (κ1) is 29.8. The van der Waals surface area contributed by atoms with Crippen molar-refractivity contribution in [1.82, 2.24) is 5.32 Å². The molecule has 1 aromatic heterocycles. The molecule has 0 saturated heterocycles. The molecule has 3 aromatic rings. The van der Waals surface area contributed by atoms with E-state index in [0.717, 1.165) is 35.1 Å². The summed E-state index contributed by atoms with van der Waals surface area (Å²) in [6.45, 7) is 16.9. The second-order valence-electron chi connectivity index (χ2n) is 12.7. The molecule has 0 aliphatic carbocycles. The Hall–Kier alpha value is -2.79. The Labute approximate surface area is 229 Å². The highest BCUT2D eigenvalue weighted by atomic mass is 16.6. The van der Waals surface area contributed by atoms with E-state index in [4.69, 9.17) is 13.9 Å². The number of nitrogens with one attached hydrogen (secondary N) is 1. The largest absolute Gasteiger partial charge is 0.475 e. The van der Waals surface area contributed by atoms with Crippen LogP contribution in [0.4, 0.5) is 0 Å². The average Bonchev–Trinajstić information content (AvgIpc) is 3.25. The first-order valence-electron chi connectivity index (χ1n) is 14.1. The minimum absolute atomic E-state index is 0.0445. The molecule has 2 atom stereocenters. The van der Waals surface area contributed by atoms with Crippen molar-refractivity contribution in [3.05, 3.63) is 54.1 Å². The molecule has 0 amide bonds. The number of aryl methyl sites for hydroxylation is 1. The van der Waals surface area contributed by atoms with Crippen molar-refractivity contribution in [1.29, 1.82) is 0 Å². The van der Waals surface area contributed by atoms with Gasteiger partial charge >= 0.3 is 5.97 Å². The van der Waals surface area contributed by atoms with E-state index >= 15 is 0 Å². The Morgan fingerprint density at radius 2 is 1.68 bits per heavy atom. The number of hydrogen-bond donors (Lipinski definition) is 1. The summed E-state index contributed by atoms with van der Waals surface area (Å²) in [6.07, 6.45) is 5.29. The molecule has 5 nitrogen and oxygen atoms in total. The minimum Gasteiger partial charge on any atom is -0.475 e. The zero-order valence-electron chi connectivity index (χ0n) is 24.6. The van der Waals surface area contributed by atoms with E-state index in [2.05, 4.69) is 84.1 Å². The summed E-state index contributed by atoms with van der Waals surface area (Å²) in [5.41, 5.74) is 3.09. The van der Waals surface area contributed by atoms with Crippen LogP contribution in [0.2, 0.25) is 0 Å². The normalized spacial score (nSPS) is 13.9. The smallest absolute Gasteiger partial charge is 0.310 e. The number of benzene rings is 2. The molecule has 0 bridgehead atoms. The zero-order valence-corrected chi connectivity index (χ0v) is 24.6. The Bertz CT molecular complexity index is 1160. The number of furan rings is 1. The van der Waals surface area contributed by atoms with Crippen LogP contribution in [0.5, 0.6) is 5.75 Å². The molecule has 2 aromatic carbocycles. The maximum atomic E-state index is 12.8. The van der Waals surface area contributed by atoms with Crippen LogP contribution in [0, 0.1) is 16.7 Å². The molecular formula is C33H47NO4. The summed E-state index contributed by atoms with van der Waals surface area (Å²) in [5.74, 6) is 1.19. The third-order valence-electron chi connectivity index (χ3n) is 6.84. The summed E-state index contributed by atoms with van der Waals surface area (Å²) in [6, 6.07) is 16.6. The van der Waals surface area contributed by atoms with E-state index in [9.17, 15) is 4.79 Å². The second kappa shape index (κ2) is 12.8. The lowest BCUT2D eigenvalue weighted by Gasteiger charge is -2.33. The molecule has 0 radical (unpaired) electrons. The van der Waals surface area contributed by atoms with E-state index in [1.807, 2.05) is 25.1 Å². The maximum Gasteiger partial charge on any atom is 0.310 e. The van der Waals surface area contributed by atoms with E-state index in [1.165, 1.54) is 24.8 Å². The second-order valence-corrected chi connectivity index (χ2v) is 12.7. The predicted octanol–water partition coefficient (Wildman–Crippen LogP) is 8.75. The van der Waals surface area contributed by atoms with Crippen LogP contribution in [0.1, 0.15) is 86.6 Å². The number of unbranched alkanes of at least 4 members (excludes halogenated alkanes) is 2. The van der Waals surface area contributed by atoms with Gasteiger partial charge in [0.2, 0.25) is 0 Å². The number of esters is 1. The third kappa shape index (κ3) is 8.90. The minimum atomic E-state index is -0.342. The highest BCUT2D eigenvalue weighted by molar-refractivity contribution is 5.84. The van der Waals surface area contributed by atoms with Gasteiger partial charge in [-0.05, 0) is 60.8 Å². The first-order valence-corrected chi connectivity index (χ1v) is 14.1. The van der Waals surface area contributed by atoms with Crippen molar-refractivity contribution in [3.63, 3.8) is 0 Å². The lowest BCUT2D eigenvalue weighted by Crippen LogP contribution is -2.38. The fraction of sp³-hybridized carbons (Fsp3) is 0.545. The van der Waals surface area contributed by atoms with Crippen LogP contribution in [0.3, 0.4) is 0 Å². The number of rotatable bonds is 12. The molecule has 5 heteroatoms. The van der Waals surface area contributed by atoms with Gasteiger partial charge in [0, 0.05) is 17.0 Å². The lowest BCUT2D eigenvalue weighted by atomic mass is 9.72. The van der Waals surface area contributed by atoms with E-state index < -0.39 is 0 Å². The number of carbonyl (C=O) groups excluding carboxylic acids is 1. The van der Waals surface area contributed by atoms with E-state index in [0.29, 0.717) is 5.75 Å². The van der Waals surface area contributed by atoms with Gasteiger partial charge in [-0.3, -0.25) is 4.79 Å². The Morgan fingerprint density at radius 1 is 0.974 bits per heavy atom. The van der Waals surface area contributed by atoms with Crippen LogP contribution in [-0.4, -0.2) is 18.9 Å². The zero-order chi connectivity index (χ0) is 27.9. The van der Waals surface area contributed by atoms with Gasteiger partial charge in [0.1, 0.15) is 30.1 Å². The molecule has 0 fully saturated rings. The molecular weight excluding hydrogens is 474 g/mol. The topological polar surface area (TPSA) is 60.7 Å². The van der Waals surface area contributed by atoms with Crippen LogP contribution in [0.15, 0.2) is 52.9 Å². The van der Waals surface area contributed by atoms with Gasteiger partial charge in [0.15, 0.2) is 0 Å². The molecule has 208 valence electrons. The summed E-state index contributed by atoms with van der Waals surface area (Å²) >= 11 is 0. The van der Waals surface area contributed by atoms with Crippen molar-refractivity contribution < 1.29 is 18.7 Å². The Morgan fingerprint density at radius 3 is 2.32 bits per heavy atom. The predicted molar refractivity (Wildman–Crippen MR) is 156 cm³/mol. The fourth-order valence-electron chi connectivity index (χ4n) is 4.57. The van der Waals surface area contributed by atoms with Gasteiger partial charge in [-0.25, -0.2) is 5.32 Å². The fourth-order valence-corrected chi connectivity index (χ4v) is 4.57. The molecule has 38 heavy (non-hydrogen) atoms. The van der Waals surface area contributed by atoms with Crippen LogP contribution >= 0.6 is 0 Å². The van der Waals surface area contributed by atoms with Crippen LogP contribution < -0.4 is 10.1 Å². The van der Waals surface area contributed by atoms with Gasteiger partial charge in [-0.2, -0.15) is 0 Å². The summed E-state index contributed by atoms with van der Waals surface area (Å²) < 4.78 is 17.8. The van der Waals surface area contributed by atoms with Crippen LogP contribution in [0.25, 0.3) is 22.3 Å². The van der Waals surface area contributed by atoms with Crippen molar-refractivity contribution in [2.24, 2.45) is 16.7 Å². The van der Waals surface area contributed by atoms with Gasteiger partial charge in [-0.15, -0.1) is 0 Å². The molecule has 2 unspecified atom stereocenters. The van der Waals surface area contributed by atoms with E-state index in [1.54, 1.807) is 0 Å². The number of hydrogen-bond acceptors (Lipinski definition) is 5. The highest BCUT2D eigenvalue weighted by Crippen LogP contribution is 2.37. The van der Waals surface area contributed by atoms with Gasteiger partial charge in [0.05, 0.1) is 5.92 Å². The quantitative estimate of drug-likeness (QED) is 0.147. The molecule has 1 heterocycles. The molecule has 1 N–H and O–H groups in total. The highest BCUT2D eigenvalue weighted by Gasteiger charge is 2.35. The Kier molecular flexibility index (Phi) is 10.1. The summed E-state index contributed by atoms with van der Waals surface area (Å²) in [4.78, 5) is 12.8. The SMILES string of the molecule is CCCCCc1ccc(-c2cc3ccc(OC(C)NCOC(=O)C(CC(C)(C)C)C(C)(C)C)cc3o2)cc1. The Balaban J connectivity index is 1.55. The molecule has 3 rings (SSSR count). The van der Waals surface area contributed by atoms with Gasteiger partial charge in [-0.1, -0.05) is 85.6 Å². The van der Waals surface area contributed by atoms with Crippen LogP contribution in [-0.2, 0) is 16.0 Å². The molecule has 0 aliphatic heterocycles. The summed E-state index contributed by atoms with van der Waals surface area (Å²) in [7, 11) is 0. The average molecular weight is 522 g/mol. The molecule has 0 saturated carbocycles. The summed E-state index contributed by atoms with van der Waals surface area (Å²) in [5, 5.41) is 4.17.